The molecule has 2 nitrogen and oxygen atoms in total. The van der Waals surface area contributed by atoms with Crippen LogP contribution in [0.1, 0.15) is 51.4 Å². The van der Waals surface area contributed by atoms with E-state index in [1.807, 2.05) is 0 Å². The van der Waals surface area contributed by atoms with Crippen molar-refractivity contribution < 1.29 is 35.7 Å². The molecule has 0 aromatic heterocycles. The summed E-state index contributed by atoms with van der Waals surface area (Å²) in [6, 6.07) is 0. The molecule has 0 bridgehead atoms. The number of ether oxygens (including phenoxy) is 1. The van der Waals surface area contributed by atoms with Crippen molar-refractivity contribution in [2.45, 2.75) is 57.5 Å². The van der Waals surface area contributed by atoms with E-state index in [4.69, 9.17) is 4.74 Å². The zero-order valence-electron chi connectivity index (χ0n) is 8.63. The standard InChI is InChI=1S/C11H18O2.Zr/c12-11(9-5-1-2-6-9)13-10-7-3-4-8-10;/h9-10H,1-8H2;. The molecule has 2 rings (SSSR count). The second-order valence-corrected chi connectivity index (χ2v) is 4.32. The minimum absolute atomic E-state index is 0. The van der Waals surface area contributed by atoms with Crippen LogP contribution in [0.2, 0.25) is 0 Å². The van der Waals surface area contributed by atoms with Crippen LogP contribution < -0.4 is 0 Å². The molecule has 2 aliphatic rings. The third-order valence-corrected chi connectivity index (χ3v) is 3.27. The van der Waals surface area contributed by atoms with Gasteiger partial charge < -0.3 is 4.74 Å². The van der Waals surface area contributed by atoms with E-state index in [-0.39, 0.29) is 44.2 Å². The Morgan fingerprint density at radius 3 is 2.00 bits per heavy atom. The fourth-order valence-corrected chi connectivity index (χ4v) is 2.43. The van der Waals surface area contributed by atoms with Crippen LogP contribution in [-0.2, 0) is 35.7 Å². The summed E-state index contributed by atoms with van der Waals surface area (Å²) in [5.41, 5.74) is 0. The van der Waals surface area contributed by atoms with Crippen LogP contribution in [0, 0.1) is 5.92 Å². The summed E-state index contributed by atoms with van der Waals surface area (Å²) < 4.78 is 5.46. The first-order chi connectivity index (χ1) is 6.36. The Hall–Kier alpha value is 0.353. The molecule has 0 spiro atoms. The molecule has 0 aromatic carbocycles. The maximum absolute atomic E-state index is 11.6. The average molecular weight is 273 g/mol. The van der Waals surface area contributed by atoms with Crippen LogP contribution in [0.5, 0.6) is 0 Å². The molecule has 78 valence electrons. The third kappa shape index (κ3) is 3.19. The summed E-state index contributed by atoms with van der Waals surface area (Å²) in [6.45, 7) is 0. The quantitative estimate of drug-likeness (QED) is 0.723. The van der Waals surface area contributed by atoms with Gasteiger partial charge in [0.2, 0.25) is 0 Å². The molecule has 0 unspecified atom stereocenters. The topological polar surface area (TPSA) is 26.3 Å². The molecule has 2 aliphatic carbocycles. The number of carbonyl (C=O) groups is 1. The van der Waals surface area contributed by atoms with E-state index in [0.29, 0.717) is 0 Å². The number of rotatable bonds is 2. The van der Waals surface area contributed by atoms with Gasteiger partial charge in [-0.2, -0.15) is 0 Å². The van der Waals surface area contributed by atoms with Gasteiger partial charge in [-0.15, -0.1) is 0 Å². The van der Waals surface area contributed by atoms with Gasteiger partial charge in [0.1, 0.15) is 6.10 Å². The van der Waals surface area contributed by atoms with Crippen molar-refractivity contribution in [3.63, 3.8) is 0 Å². The van der Waals surface area contributed by atoms with Crippen molar-refractivity contribution in [3.8, 4) is 0 Å². The van der Waals surface area contributed by atoms with E-state index in [2.05, 4.69) is 0 Å². The van der Waals surface area contributed by atoms with Crippen LogP contribution in [0.15, 0.2) is 0 Å². The summed E-state index contributed by atoms with van der Waals surface area (Å²) in [5.74, 6) is 0.324. The van der Waals surface area contributed by atoms with Crippen molar-refractivity contribution in [3.05, 3.63) is 0 Å². The molecule has 0 N–H and O–H groups in total. The zero-order chi connectivity index (χ0) is 9.10. The molecule has 2 saturated carbocycles. The van der Waals surface area contributed by atoms with Gasteiger partial charge in [-0.1, -0.05) is 12.8 Å². The van der Waals surface area contributed by atoms with Gasteiger partial charge in [0.05, 0.1) is 5.92 Å². The summed E-state index contributed by atoms with van der Waals surface area (Å²) in [5, 5.41) is 0. The Morgan fingerprint density at radius 1 is 0.929 bits per heavy atom. The van der Waals surface area contributed by atoms with Crippen molar-refractivity contribution in [2.75, 3.05) is 0 Å². The molecular formula is C11H18O2Zr. The molecule has 0 atom stereocenters. The molecule has 0 aliphatic heterocycles. The van der Waals surface area contributed by atoms with E-state index < -0.39 is 0 Å². The Bertz CT molecular complexity index is 182. The van der Waals surface area contributed by atoms with E-state index in [1.165, 1.54) is 25.7 Å². The van der Waals surface area contributed by atoms with Crippen LogP contribution in [0.3, 0.4) is 0 Å². The largest absolute Gasteiger partial charge is 0.462 e. The predicted octanol–water partition coefficient (Wildman–Crippen LogP) is 2.66. The summed E-state index contributed by atoms with van der Waals surface area (Å²) in [4.78, 5) is 11.6. The van der Waals surface area contributed by atoms with E-state index in [0.717, 1.165) is 25.7 Å². The normalized spacial score (nSPS) is 23.4. The van der Waals surface area contributed by atoms with Crippen LogP contribution in [-0.4, -0.2) is 12.1 Å². The van der Waals surface area contributed by atoms with Gasteiger partial charge in [0.25, 0.3) is 0 Å². The van der Waals surface area contributed by atoms with Crippen LogP contribution in [0.4, 0.5) is 0 Å². The third-order valence-electron chi connectivity index (χ3n) is 3.27. The number of hydrogen-bond acceptors (Lipinski definition) is 2. The molecule has 0 radical (unpaired) electrons. The smallest absolute Gasteiger partial charge is 0.309 e. The molecule has 2 fully saturated rings. The minimum atomic E-state index is 0. The first-order valence-electron chi connectivity index (χ1n) is 5.57. The van der Waals surface area contributed by atoms with Crippen molar-refractivity contribution in [1.82, 2.24) is 0 Å². The fourth-order valence-electron chi connectivity index (χ4n) is 2.43. The Balaban J connectivity index is 0.000000980. The Labute approximate surface area is 105 Å². The van der Waals surface area contributed by atoms with Gasteiger partial charge >= 0.3 is 5.97 Å². The summed E-state index contributed by atoms with van der Waals surface area (Å²) >= 11 is 0. The SMILES string of the molecule is O=C(OC1CCCC1)C1CCCC1.[Zr]. The monoisotopic (exact) mass is 272 g/mol. The minimum Gasteiger partial charge on any atom is -0.462 e. The van der Waals surface area contributed by atoms with Crippen molar-refractivity contribution in [2.24, 2.45) is 5.92 Å². The van der Waals surface area contributed by atoms with E-state index >= 15 is 0 Å². The van der Waals surface area contributed by atoms with Gasteiger partial charge in [0, 0.05) is 26.2 Å². The zero-order valence-corrected chi connectivity index (χ0v) is 11.1. The number of hydrogen-bond donors (Lipinski definition) is 0. The van der Waals surface area contributed by atoms with Crippen molar-refractivity contribution >= 4 is 5.97 Å². The van der Waals surface area contributed by atoms with Gasteiger partial charge in [-0.25, -0.2) is 0 Å². The van der Waals surface area contributed by atoms with Crippen LogP contribution in [0.25, 0.3) is 0 Å². The molecular weight excluding hydrogens is 255 g/mol. The molecule has 0 aromatic rings. The molecule has 0 amide bonds. The summed E-state index contributed by atoms with van der Waals surface area (Å²) in [7, 11) is 0. The molecule has 3 heteroatoms. The van der Waals surface area contributed by atoms with Gasteiger partial charge in [-0.3, -0.25) is 4.79 Å². The van der Waals surface area contributed by atoms with Gasteiger partial charge in [0.15, 0.2) is 0 Å². The fraction of sp³-hybridized carbons (Fsp3) is 0.909. The van der Waals surface area contributed by atoms with E-state index in [1.54, 1.807) is 0 Å². The summed E-state index contributed by atoms with van der Waals surface area (Å²) in [6.07, 6.45) is 9.47. The average Bonchev–Trinajstić information content (AvgIpc) is 2.74. The molecule has 0 saturated heterocycles. The Morgan fingerprint density at radius 2 is 1.43 bits per heavy atom. The number of esters is 1. The second-order valence-electron chi connectivity index (χ2n) is 4.32. The van der Waals surface area contributed by atoms with Crippen LogP contribution >= 0.6 is 0 Å². The maximum atomic E-state index is 11.6. The number of carbonyl (C=O) groups excluding carboxylic acids is 1. The molecule has 14 heavy (non-hydrogen) atoms. The first kappa shape index (κ1) is 12.4. The second kappa shape index (κ2) is 6.05. The predicted molar refractivity (Wildman–Crippen MR) is 50.3 cm³/mol. The Kier molecular flexibility index (Phi) is 5.37. The van der Waals surface area contributed by atoms with Gasteiger partial charge in [-0.05, 0) is 38.5 Å². The molecule has 0 heterocycles. The first-order valence-corrected chi connectivity index (χ1v) is 5.57. The van der Waals surface area contributed by atoms with E-state index in [9.17, 15) is 4.79 Å². The van der Waals surface area contributed by atoms with Crippen molar-refractivity contribution in [1.29, 1.82) is 0 Å². The maximum Gasteiger partial charge on any atom is 0.309 e.